The maximum absolute atomic E-state index is 12.3. The summed E-state index contributed by atoms with van der Waals surface area (Å²) in [4.78, 5) is 47.3. The third-order valence-corrected chi connectivity index (χ3v) is 4.80. The summed E-state index contributed by atoms with van der Waals surface area (Å²) in [5.74, 6) is -1.94. The van der Waals surface area contributed by atoms with Crippen molar-refractivity contribution < 1.29 is 53.1 Å². The SMILES string of the molecule is C=C(C)C(=O)OCC(O)COC(=O)c1ccc(Oc2ccc(C(=O)OC(CO)COC(=O)C(=C)C)cc2)cc1. The Morgan fingerprint density at radius 1 is 0.718 bits per heavy atom. The number of hydrogen-bond donors (Lipinski definition) is 2. The lowest BCUT2D eigenvalue weighted by Gasteiger charge is -2.16. The van der Waals surface area contributed by atoms with E-state index in [1.807, 2.05) is 0 Å². The Kier molecular flexibility index (Phi) is 11.9. The molecule has 39 heavy (non-hydrogen) atoms. The minimum Gasteiger partial charge on any atom is -0.459 e. The van der Waals surface area contributed by atoms with Crippen molar-refractivity contribution in [2.45, 2.75) is 26.1 Å². The van der Waals surface area contributed by atoms with Crippen LogP contribution in [-0.2, 0) is 28.5 Å². The largest absolute Gasteiger partial charge is 0.459 e. The molecule has 11 nitrogen and oxygen atoms in total. The van der Waals surface area contributed by atoms with Crippen LogP contribution in [0.3, 0.4) is 0 Å². The maximum Gasteiger partial charge on any atom is 0.338 e. The first-order valence-corrected chi connectivity index (χ1v) is 11.7. The van der Waals surface area contributed by atoms with E-state index in [9.17, 15) is 29.4 Å². The van der Waals surface area contributed by atoms with Crippen LogP contribution in [0, 0.1) is 0 Å². The van der Waals surface area contributed by atoms with E-state index >= 15 is 0 Å². The van der Waals surface area contributed by atoms with Crippen LogP contribution in [0.25, 0.3) is 0 Å². The first kappa shape index (κ1) is 30.7. The molecule has 0 aliphatic rings. The Hall–Kier alpha value is -4.48. The molecular weight excluding hydrogens is 512 g/mol. The predicted molar refractivity (Wildman–Crippen MR) is 137 cm³/mol. The highest BCUT2D eigenvalue weighted by Crippen LogP contribution is 2.23. The van der Waals surface area contributed by atoms with Gasteiger partial charge < -0.3 is 33.9 Å². The highest BCUT2D eigenvalue weighted by atomic mass is 16.6. The Labute approximate surface area is 225 Å². The molecule has 0 amide bonds. The third kappa shape index (κ3) is 10.4. The molecule has 0 aromatic heterocycles. The minimum absolute atomic E-state index is 0.179. The number of aliphatic hydroxyl groups is 2. The monoisotopic (exact) mass is 542 g/mol. The lowest BCUT2D eigenvalue weighted by atomic mass is 10.2. The summed E-state index contributed by atoms with van der Waals surface area (Å²) in [7, 11) is 0. The number of carbonyl (C=O) groups is 4. The van der Waals surface area contributed by atoms with Crippen LogP contribution in [0.1, 0.15) is 34.6 Å². The molecule has 2 rings (SSSR count). The fourth-order valence-electron chi connectivity index (χ4n) is 2.69. The molecule has 0 aliphatic carbocycles. The van der Waals surface area contributed by atoms with Crippen molar-refractivity contribution >= 4 is 23.9 Å². The van der Waals surface area contributed by atoms with Gasteiger partial charge in [-0.15, -0.1) is 0 Å². The second-order valence-electron chi connectivity index (χ2n) is 8.37. The van der Waals surface area contributed by atoms with Gasteiger partial charge in [0.2, 0.25) is 0 Å². The summed E-state index contributed by atoms with van der Waals surface area (Å²) in [6.07, 6.45) is -2.22. The molecule has 2 aromatic rings. The summed E-state index contributed by atoms with van der Waals surface area (Å²) in [6.45, 7) is 8.25. The van der Waals surface area contributed by atoms with Crippen molar-refractivity contribution in [2.24, 2.45) is 0 Å². The quantitative estimate of drug-likeness (QED) is 0.206. The first-order chi connectivity index (χ1) is 18.5. The zero-order valence-electron chi connectivity index (χ0n) is 21.6. The van der Waals surface area contributed by atoms with Gasteiger partial charge in [-0.1, -0.05) is 13.2 Å². The average molecular weight is 543 g/mol. The molecule has 0 bridgehead atoms. The van der Waals surface area contributed by atoms with Gasteiger partial charge in [0.05, 0.1) is 17.7 Å². The van der Waals surface area contributed by atoms with Gasteiger partial charge in [0.15, 0.2) is 6.10 Å². The predicted octanol–water partition coefficient (Wildman–Crippen LogP) is 2.75. The molecule has 2 N–H and O–H groups in total. The number of ether oxygens (including phenoxy) is 5. The molecule has 0 radical (unpaired) electrons. The van der Waals surface area contributed by atoms with E-state index in [-0.39, 0.29) is 42.1 Å². The Morgan fingerprint density at radius 3 is 1.62 bits per heavy atom. The molecule has 2 aromatic carbocycles. The van der Waals surface area contributed by atoms with Gasteiger partial charge in [0, 0.05) is 11.1 Å². The molecule has 2 unspecified atom stereocenters. The molecule has 0 spiro atoms. The van der Waals surface area contributed by atoms with E-state index < -0.39 is 42.7 Å². The molecule has 11 heteroatoms. The molecule has 0 saturated heterocycles. The highest BCUT2D eigenvalue weighted by Gasteiger charge is 2.18. The van der Waals surface area contributed by atoms with Crippen LogP contribution in [0.2, 0.25) is 0 Å². The van der Waals surface area contributed by atoms with Crippen molar-refractivity contribution in [1.29, 1.82) is 0 Å². The standard InChI is InChI=1S/C28H30O11/c1-17(2)25(31)35-14-21(30)15-36-27(33)19-5-9-22(10-6-19)38-23-11-7-20(8-12-23)28(34)39-24(13-29)16-37-26(32)18(3)4/h5-12,21,24,29-30H,1,3,13-16H2,2,4H3. The lowest BCUT2D eigenvalue weighted by Crippen LogP contribution is -2.28. The smallest absolute Gasteiger partial charge is 0.338 e. The van der Waals surface area contributed by atoms with Gasteiger partial charge in [0.25, 0.3) is 0 Å². The van der Waals surface area contributed by atoms with Crippen molar-refractivity contribution in [1.82, 2.24) is 0 Å². The summed E-state index contributed by atoms with van der Waals surface area (Å²) < 4.78 is 25.6. The van der Waals surface area contributed by atoms with Crippen LogP contribution < -0.4 is 4.74 Å². The number of aliphatic hydroxyl groups excluding tert-OH is 2. The van der Waals surface area contributed by atoms with Gasteiger partial charge in [-0.05, 0) is 62.4 Å². The molecule has 2 atom stereocenters. The van der Waals surface area contributed by atoms with E-state index in [0.717, 1.165) is 0 Å². The van der Waals surface area contributed by atoms with Crippen molar-refractivity contribution in [3.8, 4) is 11.5 Å². The third-order valence-electron chi connectivity index (χ3n) is 4.80. The van der Waals surface area contributed by atoms with Gasteiger partial charge in [-0.25, -0.2) is 19.2 Å². The van der Waals surface area contributed by atoms with Crippen LogP contribution >= 0.6 is 0 Å². The van der Waals surface area contributed by atoms with E-state index in [2.05, 4.69) is 13.2 Å². The second-order valence-corrected chi connectivity index (χ2v) is 8.37. The van der Waals surface area contributed by atoms with Crippen LogP contribution in [0.4, 0.5) is 0 Å². The lowest BCUT2D eigenvalue weighted by molar-refractivity contribution is -0.143. The number of benzene rings is 2. The number of esters is 4. The summed E-state index contributed by atoms with van der Waals surface area (Å²) in [5.41, 5.74) is 0.756. The van der Waals surface area contributed by atoms with Crippen LogP contribution in [0.5, 0.6) is 11.5 Å². The van der Waals surface area contributed by atoms with E-state index in [1.165, 1.54) is 62.4 Å². The van der Waals surface area contributed by atoms with Gasteiger partial charge in [-0.2, -0.15) is 0 Å². The van der Waals surface area contributed by atoms with Gasteiger partial charge >= 0.3 is 23.9 Å². The average Bonchev–Trinajstić information content (AvgIpc) is 2.92. The Bertz CT molecular complexity index is 1180. The number of hydrogen-bond acceptors (Lipinski definition) is 11. The first-order valence-electron chi connectivity index (χ1n) is 11.7. The fourth-order valence-corrected chi connectivity index (χ4v) is 2.69. The van der Waals surface area contributed by atoms with E-state index in [0.29, 0.717) is 11.5 Å². The maximum atomic E-state index is 12.3. The normalized spacial score (nSPS) is 11.9. The van der Waals surface area contributed by atoms with Crippen molar-refractivity contribution in [3.05, 3.63) is 84.0 Å². The van der Waals surface area contributed by atoms with E-state index in [1.54, 1.807) is 0 Å². The summed E-state index contributed by atoms with van der Waals surface area (Å²) >= 11 is 0. The Morgan fingerprint density at radius 2 is 1.15 bits per heavy atom. The molecule has 0 aliphatic heterocycles. The van der Waals surface area contributed by atoms with Crippen molar-refractivity contribution in [3.63, 3.8) is 0 Å². The topological polar surface area (TPSA) is 155 Å². The zero-order chi connectivity index (χ0) is 28.9. The van der Waals surface area contributed by atoms with Gasteiger partial charge in [0.1, 0.15) is 37.4 Å². The van der Waals surface area contributed by atoms with Crippen molar-refractivity contribution in [2.75, 3.05) is 26.4 Å². The molecule has 0 fully saturated rings. The zero-order valence-corrected chi connectivity index (χ0v) is 21.6. The summed E-state index contributed by atoms with van der Waals surface area (Å²) in [6, 6.07) is 11.9. The van der Waals surface area contributed by atoms with Gasteiger partial charge in [-0.3, -0.25) is 0 Å². The fraction of sp³-hybridized carbons (Fsp3) is 0.286. The summed E-state index contributed by atoms with van der Waals surface area (Å²) in [5, 5.41) is 19.2. The number of rotatable bonds is 14. The number of carbonyl (C=O) groups excluding carboxylic acids is 4. The molecular formula is C28H30O11. The van der Waals surface area contributed by atoms with E-state index in [4.69, 9.17) is 23.7 Å². The molecule has 0 heterocycles. The minimum atomic E-state index is -1.19. The Balaban J connectivity index is 1.84. The second kappa shape index (κ2) is 15.1. The van der Waals surface area contributed by atoms with Crippen LogP contribution in [0.15, 0.2) is 72.8 Å². The van der Waals surface area contributed by atoms with Crippen LogP contribution in [-0.4, -0.2) is 72.7 Å². The molecule has 0 saturated carbocycles. The molecule has 208 valence electrons. The highest BCUT2D eigenvalue weighted by molar-refractivity contribution is 5.90.